The normalized spacial score (nSPS) is 15.6. The van der Waals surface area contributed by atoms with E-state index in [2.05, 4.69) is 18.8 Å². The molecule has 0 fully saturated rings. The van der Waals surface area contributed by atoms with Crippen LogP contribution in [0.15, 0.2) is 36.7 Å². The van der Waals surface area contributed by atoms with Gasteiger partial charge in [-0.25, -0.2) is 0 Å². The SMILES string of the molecule is COc1cc2c(cc1OC)C(C)(C)CN(C(=O)c1ccncc1)C2. The van der Waals surface area contributed by atoms with E-state index in [1.165, 1.54) is 5.56 Å². The van der Waals surface area contributed by atoms with Gasteiger partial charge < -0.3 is 14.4 Å². The van der Waals surface area contributed by atoms with E-state index in [-0.39, 0.29) is 11.3 Å². The van der Waals surface area contributed by atoms with Crippen molar-refractivity contribution in [1.82, 2.24) is 9.88 Å². The van der Waals surface area contributed by atoms with Gasteiger partial charge in [0.25, 0.3) is 5.91 Å². The van der Waals surface area contributed by atoms with E-state index in [0.29, 0.717) is 24.4 Å². The lowest BCUT2D eigenvalue weighted by Gasteiger charge is -2.40. The summed E-state index contributed by atoms with van der Waals surface area (Å²) in [4.78, 5) is 18.7. The highest BCUT2D eigenvalue weighted by Gasteiger charge is 2.35. The predicted molar refractivity (Wildman–Crippen MR) is 91.5 cm³/mol. The van der Waals surface area contributed by atoms with Gasteiger partial charge in [0.1, 0.15) is 0 Å². The fourth-order valence-electron chi connectivity index (χ4n) is 3.33. The fourth-order valence-corrected chi connectivity index (χ4v) is 3.33. The van der Waals surface area contributed by atoms with E-state index in [9.17, 15) is 4.79 Å². The number of amides is 1. The zero-order valence-electron chi connectivity index (χ0n) is 14.5. The van der Waals surface area contributed by atoms with E-state index in [4.69, 9.17) is 9.47 Å². The molecular formula is C19H22N2O3. The zero-order chi connectivity index (χ0) is 17.3. The van der Waals surface area contributed by atoms with Crippen LogP contribution in [-0.2, 0) is 12.0 Å². The molecule has 1 amide bonds. The van der Waals surface area contributed by atoms with E-state index in [1.807, 2.05) is 17.0 Å². The minimum atomic E-state index is -0.171. The maximum Gasteiger partial charge on any atom is 0.254 e. The van der Waals surface area contributed by atoms with Gasteiger partial charge in [-0.15, -0.1) is 0 Å². The molecule has 0 aliphatic carbocycles. The molecule has 0 unspecified atom stereocenters. The zero-order valence-corrected chi connectivity index (χ0v) is 14.5. The summed E-state index contributed by atoms with van der Waals surface area (Å²) >= 11 is 0. The number of hydrogen-bond donors (Lipinski definition) is 0. The van der Waals surface area contributed by atoms with Crippen molar-refractivity contribution in [1.29, 1.82) is 0 Å². The van der Waals surface area contributed by atoms with E-state index in [0.717, 1.165) is 11.3 Å². The predicted octanol–water partition coefficient (Wildman–Crippen LogP) is 3.03. The first-order valence-electron chi connectivity index (χ1n) is 7.91. The lowest BCUT2D eigenvalue weighted by atomic mass is 9.78. The van der Waals surface area contributed by atoms with E-state index >= 15 is 0 Å². The number of aromatic nitrogens is 1. The fraction of sp³-hybridized carbons (Fsp3) is 0.368. The highest BCUT2D eigenvalue weighted by atomic mass is 16.5. The number of rotatable bonds is 3. The van der Waals surface area contributed by atoms with Crippen LogP contribution in [0.1, 0.15) is 35.3 Å². The van der Waals surface area contributed by atoms with Crippen LogP contribution in [0.5, 0.6) is 11.5 Å². The molecule has 1 aromatic heterocycles. The van der Waals surface area contributed by atoms with Crippen molar-refractivity contribution in [2.24, 2.45) is 0 Å². The molecule has 126 valence electrons. The Morgan fingerprint density at radius 3 is 2.38 bits per heavy atom. The number of carbonyl (C=O) groups excluding carboxylic acids is 1. The van der Waals surface area contributed by atoms with Gasteiger partial charge in [-0.05, 0) is 35.4 Å². The number of pyridine rings is 1. The van der Waals surface area contributed by atoms with E-state index in [1.54, 1.807) is 38.7 Å². The third-order valence-electron chi connectivity index (χ3n) is 4.50. The number of carbonyl (C=O) groups is 1. The Bertz CT molecular complexity index is 757. The lowest BCUT2D eigenvalue weighted by Crippen LogP contribution is -2.45. The average Bonchev–Trinajstić information content (AvgIpc) is 2.60. The molecule has 2 aromatic rings. The number of nitrogens with zero attached hydrogens (tertiary/aromatic N) is 2. The molecule has 24 heavy (non-hydrogen) atoms. The van der Waals surface area contributed by atoms with E-state index < -0.39 is 0 Å². The van der Waals surface area contributed by atoms with Crippen LogP contribution < -0.4 is 9.47 Å². The van der Waals surface area contributed by atoms with Crippen LogP contribution in [0.4, 0.5) is 0 Å². The van der Waals surface area contributed by atoms with Gasteiger partial charge in [0.2, 0.25) is 0 Å². The largest absolute Gasteiger partial charge is 0.493 e. The van der Waals surface area contributed by atoms with Crippen molar-refractivity contribution < 1.29 is 14.3 Å². The van der Waals surface area contributed by atoms with Crippen LogP contribution in [0, 0.1) is 0 Å². The summed E-state index contributed by atoms with van der Waals surface area (Å²) in [6.45, 7) is 5.49. The van der Waals surface area contributed by atoms with Gasteiger partial charge in [0.05, 0.1) is 14.2 Å². The van der Waals surface area contributed by atoms with Gasteiger partial charge in [0.15, 0.2) is 11.5 Å². The Balaban J connectivity index is 1.99. The van der Waals surface area contributed by atoms with Gasteiger partial charge >= 0.3 is 0 Å². The number of ether oxygens (including phenoxy) is 2. The summed E-state index contributed by atoms with van der Waals surface area (Å²) in [7, 11) is 3.26. The number of benzene rings is 1. The molecule has 0 N–H and O–H groups in total. The summed E-state index contributed by atoms with van der Waals surface area (Å²) in [6, 6.07) is 7.50. The molecule has 0 spiro atoms. The van der Waals surface area contributed by atoms with Crippen LogP contribution in [0.25, 0.3) is 0 Å². The highest BCUT2D eigenvalue weighted by molar-refractivity contribution is 5.94. The minimum absolute atomic E-state index is 0.0194. The summed E-state index contributed by atoms with van der Waals surface area (Å²) in [5.41, 5.74) is 2.77. The Morgan fingerprint density at radius 2 is 1.75 bits per heavy atom. The molecule has 5 heteroatoms. The topological polar surface area (TPSA) is 51.7 Å². The quantitative estimate of drug-likeness (QED) is 0.870. The van der Waals surface area contributed by atoms with Crippen LogP contribution >= 0.6 is 0 Å². The Labute approximate surface area is 142 Å². The summed E-state index contributed by atoms with van der Waals surface area (Å²) in [5, 5.41) is 0. The molecule has 0 radical (unpaired) electrons. The van der Waals surface area contributed by atoms with Gasteiger partial charge in [-0.2, -0.15) is 0 Å². The first-order valence-corrected chi connectivity index (χ1v) is 7.91. The smallest absolute Gasteiger partial charge is 0.254 e. The summed E-state index contributed by atoms with van der Waals surface area (Å²) in [5.74, 6) is 1.43. The third kappa shape index (κ3) is 2.82. The summed E-state index contributed by atoms with van der Waals surface area (Å²) < 4.78 is 10.8. The van der Waals surface area contributed by atoms with Gasteiger partial charge in [-0.3, -0.25) is 9.78 Å². The Morgan fingerprint density at radius 1 is 1.12 bits per heavy atom. The van der Waals surface area contributed by atoms with Gasteiger partial charge in [-0.1, -0.05) is 13.8 Å². The molecule has 1 aromatic carbocycles. The second-order valence-corrected chi connectivity index (χ2v) is 6.65. The molecule has 1 aliphatic rings. The van der Waals surface area contributed by atoms with Crippen LogP contribution in [0.2, 0.25) is 0 Å². The highest BCUT2D eigenvalue weighted by Crippen LogP contribution is 2.40. The number of methoxy groups -OCH3 is 2. The van der Waals surface area contributed by atoms with Crippen molar-refractivity contribution >= 4 is 5.91 Å². The lowest BCUT2D eigenvalue weighted by molar-refractivity contribution is 0.0685. The molecule has 5 nitrogen and oxygen atoms in total. The molecule has 0 atom stereocenters. The third-order valence-corrected chi connectivity index (χ3v) is 4.50. The van der Waals surface area contributed by atoms with Gasteiger partial charge in [0, 0.05) is 36.5 Å². The molecule has 3 rings (SSSR count). The second kappa shape index (κ2) is 6.15. The first-order chi connectivity index (χ1) is 11.5. The van der Waals surface area contributed by atoms with Crippen LogP contribution in [0.3, 0.4) is 0 Å². The molecule has 2 heterocycles. The molecule has 0 bridgehead atoms. The molecule has 0 saturated carbocycles. The standard InChI is InChI=1S/C19H22N2O3/c1-19(2)12-21(18(22)13-5-7-20-8-6-13)11-14-9-16(23-3)17(24-4)10-15(14)19/h5-10H,11-12H2,1-4H3. The Kier molecular flexibility index (Phi) is 4.18. The maximum absolute atomic E-state index is 12.8. The summed E-state index contributed by atoms with van der Waals surface area (Å²) in [6.07, 6.45) is 3.29. The number of fused-ring (bicyclic) bond motifs is 1. The monoisotopic (exact) mass is 326 g/mol. The maximum atomic E-state index is 12.8. The average molecular weight is 326 g/mol. The van der Waals surface area contributed by atoms with Crippen LogP contribution in [-0.4, -0.2) is 36.6 Å². The minimum Gasteiger partial charge on any atom is -0.493 e. The van der Waals surface area contributed by atoms with Crippen molar-refractivity contribution in [3.8, 4) is 11.5 Å². The molecule has 0 saturated heterocycles. The van der Waals surface area contributed by atoms with Crippen molar-refractivity contribution in [3.63, 3.8) is 0 Å². The van der Waals surface area contributed by atoms with Crippen molar-refractivity contribution in [2.45, 2.75) is 25.8 Å². The molecule has 1 aliphatic heterocycles. The Hall–Kier alpha value is -2.56. The van der Waals surface area contributed by atoms with Crippen molar-refractivity contribution in [3.05, 3.63) is 53.3 Å². The number of hydrogen-bond acceptors (Lipinski definition) is 4. The first kappa shape index (κ1) is 16.3. The molecular weight excluding hydrogens is 304 g/mol. The van der Waals surface area contributed by atoms with Crippen molar-refractivity contribution in [2.75, 3.05) is 20.8 Å². The second-order valence-electron chi connectivity index (χ2n) is 6.65.